The van der Waals surface area contributed by atoms with E-state index in [4.69, 9.17) is 0 Å². The van der Waals surface area contributed by atoms with Gasteiger partial charge in [-0.3, -0.25) is 4.79 Å². The first-order chi connectivity index (χ1) is 13.6. The molecule has 8 heteroatoms. The smallest absolute Gasteiger partial charge is 0.250 e. The highest BCUT2D eigenvalue weighted by Crippen LogP contribution is 2.37. The van der Waals surface area contributed by atoms with Crippen LogP contribution in [0.15, 0.2) is 47.3 Å². The van der Waals surface area contributed by atoms with Gasteiger partial charge in [0.15, 0.2) is 5.82 Å². The van der Waals surface area contributed by atoms with Gasteiger partial charge >= 0.3 is 0 Å². The van der Waals surface area contributed by atoms with Gasteiger partial charge in [-0.15, -0.1) is 15.0 Å². The van der Waals surface area contributed by atoms with Gasteiger partial charge in [0, 0.05) is 37.3 Å². The summed E-state index contributed by atoms with van der Waals surface area (Å²) >= 11 is 0. The minimum absolute atomic E-state index is 0.0422. The number of aromatic nitrogens is 4. The summed E-state index contributed by atoms with van der Waals surface area (Å²) in [6, 6.07) is 13.4. The number of rotatable bonds is 2. The Balaban J connectivity index is 1.50. The largest absolute Gasteiger partial charge is 0.352 e. The van der Waals surface area contributed by atoms with Crippen molar-refractivity contribution in [3.05, 3.63) is 70.0 Å². The summed E-state index contributed by atoms with van der Waals surface area (Å²) in [5, 5.41) is 18.4. The van der Waals surface area contributed by atoms with E-state index in [1.807, 2.05) is 10.6 Å². The predicted octanol–water partition coefficient (Wildman–Crippen LogP) is 2.06. The zero-order valence-electron chi connectivity index (χ0n) is 15.0. The highest BCUT2D eigenvalue weighted by atomic mass is 19.1. The summed E-state index contributed by atoms with van der Waals surface area (Å²) in [6.07, 6.45) is 1.02. The number of fused-ring (bicyclic) bond motifs is 4. The van der Waals surface area contributed by atoms with Gasteiger partial charge < -0.3 is 9.47 Å². The Bertz CT molecular complexity index is 1140. The number of halogens is 1. The maximum Gasteiger partial charge on any atom is 0.250 e. The quantitative estimate of drug-likeness (QED) is 0.684. The highest BCUT2D eigenvalue weighted by Gasteiger charge is 2.36. The minimum atomic E-state index is -0.339. The van der Waals surface area contributed by atoms with E-state index in [1.54, 1.807) is 24.3 Å². The Kier molecular flexibility index (Phi) is 3.76. The van der Waals surface area contributed by atoms with E-state index in [1.165, 1.54) is 16.9 Å². The van der Waals surface area contributed by atoms with Gasteiger partial charge in [0.25, 0.3) is 5.56 Å². The zero-order valence-corrected chi connectivity index (χ0v) is 15.0. The number of piperidine rings is 1. The summed E-state index contributed by atoms with van der Waals surface area (Å²) in [6.45, 7) is 2.07. The predicted molar refractivity (Wildman–Crippen MR) is 99.8 cm³/mol. The maximum absolute atomic E-state index is 13.2. The van der Waals surface area contributed by atoms with E-state index >= 15 is 0 Å². The van der Waals surface area contributed by atoms with Crippen molar-refractivity contribution in [2.75, 3.05) is 18.0 Å². The van der Waals surface area contributed by atoms with Gasteiger partial charge in [-0.25, -0.2) is 4.39 Å². The van der Waals surface area contributed by atoms with Crippen molar-refractivity contribution in [1.82, 2.24) is 19.6 Å². The van der Waals surface area contributed by atoms with E-state index in [0.717, 1.165) is 12.1 Å². The molecular weight excluding hydrogens is 359 g/mol. The first-order valence-corrected chi connectivity index (χ1v) is 9.20. The summed E-state index contributed by atoms with van der Waals surface area (Å²) in [5.41, 5.74) is 1.92. The van der Waals surface area contributed by atoms with Crippen LogP contribution in [-0.4, -0.2) is 32.7 Å². The lowest BCUT2D eigenvalue weighted by Gasteiger charge is -2.42. The molecule has 2 aromatic heterocycles. The van der Waals surface area contributed by atoms with Crippen molar-refractivity contribution in [2.45, 2.75) is 18.9 Å². The van der Waals surface area contributed by atoms with E-state index in [0.29, 0.717) is 37.1 Å². The molecule has 2 atom stereocenters. The number of pyridine rings is 1. The Hall–Kier alpha value is -3.47. The summed E-state index contributed by atoms with van der Waals surface area (Å²) in [7, 11) is 0. The van der Waals surface area contributed by atoms with E-state index in [9.17, 15) is 14.4 Å². The molecule has 2 aliphatic heterocycles. The first-order valence-electron chi connectivity index (χ1n) is 9.20. The maximum atomic E-state index is 13.2. The molecule has 0 amide bonds. The molecule has 0 saturated carbocycles. The number of hydrogen-bond donors (Lipinski definition) is 0. The molecule has 5 rings (SSSR count). The number of anilines is 1. The molecule has 2 bridgehead atoms. The molecule has 3 aromatic rings. The third-order valence-corrected chi connectivity index (χ3v) is 5.54. The molecule has 4 heterocycles. The van der Waals surface area contributed by atoms with Crippen molar-refractivity contribution in [3.63, 3.8) is 0 Å². The van der Waals surface area contributed by atoms with Crippen LogP contribution in [0.2, 0.25) is 0 Å². The topological polar surface area (TPSA) is 79.7 Å². The lowest BCUT2D eigenvalue weighted by atomic mass is 9.83. The third kappa shape index (κ3) is 2.67. The Labute approximate surface area is 160 Å². The van der Waals surface area contributed by atoms with E-state index < -0.39 is 0 Å². The van der Waals surface area contributed by atoms with Crippen molar-refractivity contribution in [3.8, 4) is 11.8 Å². The minimum Gasteiger partial charge on any atom is -0.352 e. The second-order valence-corrected chi connectivity index (χ2v) is 7.35. The van der Waals surface area contributed by atoms with Gasteiger partial charge in [-0.05, 0) is 42.7 Å². The van der Waals surface area contributed by atoms with E-state index in [-0.39, 0.29) is 23.0 Å². The molecule has 1 aromatic carbocycles. The molecule has 140 valence electrons. The fraction of sp³-hybridized carbons (Fsp3) is 0.300. The monoisotopic (exact) mass is 376 g/mol. The number of nitriles is 1. The van der Waals surface area contributed by atoms with Crippen molar-refractivity contribution < 1.29 is 4.39 Å². The standard InChI is InChI=1S/C20H17FN6O/c21-15-4-6-16(7-5-15)27-23-17(9-22)20(24-27)25-10-13-8-14(12-25)18-2-1-3-19(28)26(18)11-13/h1-7,13-14H,8,10-12H2/t13-,14+/m0/s1. The Morgan fingerprint density at radius 1 is 1.07 bits per heavy atom. The molecule has 1 fully saturated rings. The summed E-state index contributed by atoms with van der Waals surface area (Å²) < 4.78 is 15.1. The molecule has 0 spiro atoms. The normalized spacial score (nSPS) is 20.5. The molecule has 0 N–H and O–H groups in total. The molecule has 0 unspecified atom stereocenters. The van der Waals surface area contributed by atoms with Crippen LogP contribution in [0, 0.1) is 23.1 Å². The Morgan fingerprint density at radius 2 is 1.89 bits per heavy atom. The molecule has 0 aliphatic carbocycles. The van der Waals surface area contributed by atoms with Crippen LogP contribution in [0.3, 0.4) is 0 Å². The second-order valence-electron chi connectivity index (χ2n) is 7.35. The molecule has 7 nitrogen and oxygen atoms in total. The Morgan fingerprint density at radius 3 is 2.68 bits per heavy atom. The first kappa shape index (κ1) is 16.7. The van der Waals surface area contributed by atoms with Gasteiger partial charge in [0.2, 0.25) is 5.69 Å². The third-order valence-electron chi connectivity index (χ3n) is 5.54. The number of benzene rings is 1. The highest BCUT2D eigenvalue weighted by molar-refractivity contribution is 5.51. The average Bonchev–Trinajstić information content (AvgIpc) is 3.14. The summed E-state index contributed by atoms with van der Waals surface area (Å²) in [4.78, 5) is 15.6. The SMILES string of the molecule is N#Cc1nn(-c2ccc(F)cc2)nc1N1C[C@@H]2C[C@H](C1)c1cccc(=O)n1C2. The van der Waals surface area contributed by atoms with Crippen molar-refractivity contribution in [1.29, 1.82) is 5.26 Å². The van der Waals surface area contributed by atoms with Crippen LogP contribution >= 0.6 is 0 Å². The van der Waals surface area contributed by atoms with Crippen LogP contribution in [-0.2, 0) is 6.54 Å². The van der Waals surface area contributed by atoms with E-state index in [2.05, 4.69) is 21.2 Å². The van der Waals surface area contributed by atoms with Crippen molar-refractivity contribution in [2.24, 2.45) is 5.92 Å². The zero-order chi connectivity index (χ0) is 19.3. The molecular formula is C20H17FN6O. The molecule has 28 heavy (non-hydrogen) atoms. The molecule has 2 aliphatic rings. The van der Waals surface area contributed by atoms with Crippen LogP contribution in [0.25, 0.3) is 5.69 Å². The average molecular weight is 376 g/mol. The van der Waals surface area contributed by atoms with Crippen LogP contribution in [0.5, 0.6) is 0 Å². The molecule has 0 radical (unpaired) electrons. The van der Waals surface area contributed by atoms with Crippen LogP contribution in [0.4, 0.5) is 10.2 Å². The lowest BCUT2D eigenvalue weighted by molar-refractivity contribution is 0.280. The number of hydrogen-bond acceptors (Lipinski definition) is 5. The summed E-state index contributed by atoms with van der Waals surface area (Å²) in [5.74, 6) is 0.723. The van der Waals surface area contributed by atoms with Gasteiger partial charge in [0.1, 0.15) is 11.9 Å². The number of nitrogens with zero attached hydrogens (tertiary/aromatic N) is 6. The molecule has 1 saturated heterocycles. The lowest BCUT2D eigenvalue weighted by Crippen LogP contribution is -2.47. The fourth-order valence-corrected chi connectivity index (χ4v) is 4.34. The second kappa shape index (κ2) is 6.30. The fourth-order valence-electron chi connectivity index (χ4n) is 4.34. The van der Waals surface area contributed by atoms with Crippen LogP contribution < -0.4 is 10.5 Å². The van der Waals surface area contributed by atoms with Gasteiger partial charge in [-0.2, -0.15) is 5.26 Å². The van der Waals surface area contributed by atoms with Crippen LogP contribution in [0.1, 0.15) is 23.7 Å². The van der Waals surface area contributed by atoms with Gasteiger partial charge in [0.05, 0.1) is 5.69 Å². The van der Waals surface area contributed by atoms with Crippen molar-refractivity contribution >= 4 is 5.82 Å². The van der Waals surface area contributed by atoms with Gasteiger partial charge in [-0.1, -0.05) is 6.07 Å².